The van der Waals surface area contributed by atoms with Gasteiger partial charge in [0.15, 0.2) is 0 Å². The Kier molecular flexibility index (Phi) is 5.44. The van der Waals surface area contributed by atoms with Gasteiger partial charge in [-0.1, -0.05) is 0 Å². The van der Waals surface area contributed by atoms with Crippen molar-refractivity contribution in [2.45, 2.75) is 44.3 Å². The van der Waals surface area contributed by atoms with Gasteiger partial charge in [-0.3, -0.25) is 0 Å². The number of amides is 2. The number of alkyl halides is 3. The molecule has 2 amide bonds. The van der Waals surface area contributed by atoms with E-state index in [1.165, 1.54) is 4.90 Å². The summed E-state index contributed by atoms with van der Waals surface area (Å²) in [5, 5.41) is 11.3. The van der Waals surface area contributed by atoms with Crippen LogP contribution < -0.4 is 5.32 Å². The van der Waals surface area contributed by atoms with Crippen LogP contribution in [0.25, 0.3) is 0 Å². The lowest BCUT2D eigenvalue weighted by Gasteiger charge is -2.32. The summed E-state index contributed by atoms with van der Waals surface area (Å²) in [5.41, 5.74) is 0. The molecule has 0 aromatic heterocycles. The fourth-order valence-electron chi connectivity index (χ4n) is 2.02. The van der Waals surface area contributed by atoms with Gasteiger partial charge in [0, 0.05) is 19.5 Å². The number of halogens is 3. The third-order valence-electron chi connectivity index (χ3n) is 2.96. The number of rotatable bonds is 4. The fourth-order valence-corrected chi connectivity index (χ4v) is 2.02. The van der Waals surface area contributed by atoms with Crippen molar-refractivity contribution in [3.8, 4) is 0 Å². The summed E-state index contributed by atoms with van der Waals surface area (Å²) in [6.45, 7) is 0.212. The van der Waals surface area contributed by atoms with Crippen molar-refractivity contribution in [3.63, 3.8) is 0 Å². The Morgan fingerprint density at radius 1 is 1.32 bits per heavy atom. The van der Waals surface area contributed by atoms with Gasteiger partial charge >= 0.3 is 18.2 Å². The molecule has 1 heterocycles. The number of likely N-dealkylation sites (tertiary alicyclic amines) is 1. The predicted molar refractivity (Wildman–Crippen MR) is 60.7 cm³/mol. The highest BCUT2D eigenvalue weighted by molar-refractivity contribution is 5.82. The van der Waals surface area contributed by atoms with E-state index < -0.39 is 30.6 Å². The summed E-state index contributed by atoms with van der Waals surface area (Å²) < 4.78 is 35.7. The molecule has 110 valence electrons. The van der Waals surface area contributed by atoms with E-state index in [9.17, 15) is 22.8 Å². The monoisotopic (exact) mass is 282 g/mol. The first-order valence-corrected chi connectivity index (χ1v) is 6.15. The zero-order valence-corrected chi connectivity index (χ0v) is 10.4. The zero-order valence-electron chi connectivity index (χ0n) is 10.4. The average Bonchev–Trinajstić information content (AvgIpc) is 2.33. The minimum absolute atomic E-state index is 0.110. The number of carboxylic acid groups (broad SMARTS) is 1. The number of carbonyl (C=O) groups is 2. The molecule has 1 aliphatic rings. The van der Waals surface area contributed by atoms with Gasteiger partial charge in [-0.15, -0.1) is 0 Å². The maximum atomic E-state index is 11.9. The average molecular weight is 282 g/mol. The number of hydrogen-bond donors (Lipinski definition) is 2. The van der Waals surface area contributed by atoms with Gasteiger partial charge in [-0.05, 0) is 25.7 Å². The van der Waals surface area contributed by atoms with Crippen molar-refractivity contribution in [2.24, 2.45) is 0 Å². The number of nitrogens with zero attached hydrogens (tertiary/aromatic N) is 1. The number of carbonyl (C=O) groups excluding carboxylic acids is 1. The highest BCUT2D eigenvalue weighted by Gasteiger charge is 2.32. The van der Waals surface area contributed by atoms with E-state index in [-0.39, 0.29) is 13.0 Å². The minimum atomic E-state index is -4.24. The van der Waals surface area contributed by atoms with Crippen LogP contribution in [0.3, 0.4) is 0 Å². The van der Waals surface area contributed by atoms with Gasteiger partial charge < -0.3 is 15.3 Å². The Labute approximate surface area is 108 Å². The molecule has 0 bridgehead atoms. The quantitative estimate of drug-likeness (QED) is 0.775. The Bertz CT molecular complexity index is 334. The maximum Gasteiger partial charge on any atom is 0.389 e. The highest BCUT2D eigenvalue weighted by Crippen LogP contribution is 2.21. The first-order valence-electron chi connectivity index (χ1n) is 6.15. The molecule has 0 radical (unpaired) electrons. The molecular weight excluding hydrogens is 265 g/mol. The number of piperidine rings is 1. The lowest BCUT2D eigenvalue weighted by molar-refractivity contribution is -0.143. The molecule has 0 aliphatic carbocycles. The largest absolute Gasteiger partial charge is 0.480 e. The molecule has 1 saturated heterocycles. The molecule has 0 aromatic carbocycles. The van der Waals surface area contributed by atoms with Crippen LogP contribution in [0, 0.1) is 0 Å². The summed E-state index contributed by atoms with van der Waals surface area (Å²) >= 11 is 0. The van der Waals surface area contributed by atoms with Crippen LogP contribution >= 0.6 is 0 Å². The molecular formula is C11H17F3N2O3. The van der Waals surface area contributed by atoms with E-state index in [1.807, 2.05) is 0 Å². The molecule has 1 unspecified atom stereocenters. The second-order valence-electron chi connectivity index (χ2n) is 4.49. The number of urea groups is 1. The van der Waals surface area contributed by atoms with Gasteiger partial charge in [-0.2, -0.15) is 13.2 Å². The van der Waals surface area contributed by atoms with Crippen molar-refractivity contribution < 1.29 is 27.9 Å². The molecule has 1 fully saturated rings. The summed E-state index contributed by atoms with van der Waals surface area (Å²) in [6.07, 6.45) is -3.59. The van der Waals surface area contributed by atoms with Gasteiger partial charge in [0.2, 0.25) is 0 Å². The summed E-state index contributed by atoms with van der Waals surface area (Å²) in [6, 6.07) is -1.48. The molecule has 0 aromatic rings. The first kappa shape index (κ1) is 15.6. The second kappa shape index (κ2) is 6.63. The molecule has 8 heteroatoms. The van der Waals surface area contributed by atoms with Gasteiger partial charge in [0.25, 0.3) is 0 Å². The fraction of sp³-hybridized carbons (Fsp3) is 0.818. The van der Waals surface area contributed by atoms with E-state index in [1.54, 1.807) is 0 Å². The van der Waals surface area contributed by atoms with E-state index in [2.05, 4.69) is 5.32 Å². The standard InChI is InChI=1S/C11H17F3N2O3/c12-11(13,14)5-3-6-15-10(19)16-7-2-1-4-8(16)9(17)18/h8H,1-7H2,(H,15,19)(H,17,18). The Balaban J connectivity index is 2.37. The smallest absolute Gasteiger partial charge is 0.389 e. The Hall–Kier alpha value is -1.47. The molecule has 1 aliphatic heterocycles. The maximum absolute atomic E-state index is 11.9. The third kappa shape index (κ3) is 5.35. The van der Waals surface area contributed by atoms with E-state index >= 15 is 0 Å². The molecule has 0 spiro atoms. The summed E-state index contributed by atoms with van der Waals surface area (Å²) in [7, 11) is 0. The van der Waals surface area contributed by atoms with E-state index in [0.29, 0.717) is 19.4 Å². The van der Waals surface area contributed by atoms with Gasteiger partial charge in [-0.25, -0.2) is 9.59 Å². The molecule has 19 heavy (non-hydrogen) atoms. The van der Waals surface area contributed by atoms with Crippen LogP contribution in [0.5, 0.6) is 0 Å². The molecule has 0 saturated carbocycles. The summed E-state index contributed by atoms with van der Waals surface area (Å²) in [4.78, 5) is 23.8. The molecule has 5 nitrogen and oxygen atoms in total. The lowest BCUT2D eigenvalue weighted by atomic mass is 10.0. The molecule has 1 atom stereocenters. The van der Waals surface area contributed by atoms with Crippen LogP contribution in [-0.2, 0) is 4.79 Å². The third-order valence-corrected chi connectivity index (χ3v) is 2.96. The number of hydrogen-bond acceptors (Lipinski definition) is 2. The normalized spacial score (nSPS) is 20.2. The topological polar surface area (TPSA) is 69.6 Å². The van der Waals surface area contributed by atoms with E-state index in [4.69, 9.17) is 5.11 Å². The Morgan fingerprint density at radius 2 is 2.00 bits per heavy atom. The number of aliphatic carboxylic acids is 1. The van der Waals surface area contributed by atoms with E-state index in [0.717, 1.165) is 6.42 Å². The molecule has 1 rings (SSSR count). The van der Waals surface area contributed by atoms with Crippen molar-refractivity contribution in [2.75, 3.05) is 13.1 Å². The first-order chi connectivity index (χ1) is 8.81. The van der Waals surface area contributed by atoms with Crippen LogP contribution in [0.4, 0.5) is 18.0 Å². The second-order valence-corrected chi connectivity index (χ2v) is 4.49. The van der Waals surface area contributed by atoms with Crippen molar-refractivity contribution in [1.29, 1.82) is 0 Å². The Morgan fingerprint density at radius 3 is 2.58 bits per heavy atom. The SMILES string of the molecule is O=C(O)C1CCCCN1C(=O)NCCCC(F)(F)F. The van der Waals surface area contributed by atoms with Crippen LogP contribution in [0.2, 0.25) is 0 Å². The lowest BCUT2D eigenvalue weighted by Crippen LogP contribution is -2.52. The molecule has 2 N–H and O–H groups in total. The van der Waals surface area contributed by atoms with Crippen molar-refractivity contribution in [3.05, 3.63) is 0 Å². The highest BCUT2D eigenvalue weighted by atomic mass is 19.4. The van der Waals surface area contributed by atoms with Crippen LogP contribution in [0.1, 0.15) is 32.1 Å². The number of nitrogens with one attached hydrogen (secondary N) is 1. The van der Waals surface area contributed by atoms with Crippen LogP contribution in [-0.4, -0.2) is 47.3 Å². The number of carboxylic acids is 1. The zero-order chi connectivity index (χ0) is 14.5. The van der Waals surface area contributed by atoms with Gasteiger partial charge in [0.05, 0.1) is 0 Å². The van der Waals surface area contributed by atoms with Crippen molar-refractivity contribution >= 4 is 12.0 Å². The predicted octanol–water partition coefficient (Wildman–Crippen LogP) is 1.98. The van der Waals surface area contributed by atoms with Gasteiger partial charge in [0.1, 0.15) is 6.04 Å². The van der Waals surface area contributed by atoms with Crippen molar-refractivity contribution in [1.82, 2.24) is 10.2 Å². The van der Waals surface area contributed by atoms with Crippen LogP contribution in [0.15, 0.2) is 0 Å². The summed E-state index contributed by atoms with van der Waals surface area (Å²) in [5.74, 6) is -1.08. The minimum Gasteiger partial charge on any atom is -0.480 e.